The summed E-state index contributed by atoms with van der Waals surface area (Å²) in [6.07, 6.45) is 20.9. The first-order valence-electron chi connectivity index (χ1n) is 18.7. The summed E-state index contributed by atoms with van der Waals surface area (Å²) in [7, 11) is 0. The maximum absolute atomic E-state index is 6.83. The van der Waals surface area contributed by atoms with Gasteiger partial charge in [-0.2, -0.15) is 0 Å². The summed E-state index contributed by atoms with van der Waals surface area (Å²) in [6, 6.07) is 40.8. The van der Waals surface area contributed by atoms with Crippen molar-refractivity contribution < 1.29 is 9.47 Å². The summed E-state index contributed by atoms with van der Waals surface area (Å²) < 4.78 is 13.6. The van der Waals surface area contributed by atoms with Gasteiger partial charge in [0.25, 0.3) is 0 Å². The van der Waals surface area contributed by atoms with Crippen LogP contribution in [0.3, 0.4) is 0 Å². The van der Waals surface area contributed by atoms with Crippen LogP contribution >= 0.6 is 0 Å². The third kappa shape index (κ3) is 4.39. The molecule has 0 N–H and O–H groups in total. The molecule has 2 fully saturated rings. The quantitative estimate of drug-likeness (QED) is 0.192. The molecule has 0 amide bonds. The molecular weight excluding hydrogens is 621 g/mol. The van der Waals surface area contributed by atoms with E-state index < -0.39 is 0 Å². The summed E-state index contributed by atoms with van der Waals surface area (Å²) in [5.41, 5.74) is 12.0. The van der Waals surface area contributed by atoms with Crippen molar-refractivity contribution in [2.45, 2.75) is 49.9 Å². The van der Waals surface area contributed by atoms with Crippen LogP contribution in [0.15, 0.2) is 163 Å². The molecule has 4 aliphatic carbocycles. The molecule has 5 aromatic rings. The molecule has 51 heavy (non-hydrogen) atoms. The van der Waals surface area contributed by atoms with Crippen LogP contribution in [-0.2, 0) is 4.74 Å². The van der Waals surface area contributed by atoms with Gasteiger partial charge in [-0.3, -0.25) is 0 Å². The lowest BCUT2D eigenvalue weighted by Crippen LogP contribution is -2.44. The second-order valence-electron chi connectivity index (χ2n) is 15.6. The zero-order valence-corrected chi connectivity index (χ0v) is 28.8. The van der Waals surface area contributed by atoms with Crippen molar-refractivity contribution in [2.75, 3.05) is 0 Å². The van der Waals surface area contributed by atoms with Crippen LogP contribution in [0.25, 0.3) is 27.5 Å². The molecule has 6 aliphatic rings. The van der Waals surface area contributed by atoms with E-state index in [1.54, 1.807) is 0 Å². The topological polar surface area (TPSA) is 18.5 Å². The molecule has 248 valence electrons. The summed E-state index contributed by atoms with van der Waals surface area (Å²) in [6.45, 7) is 2.38. The van der Waals surface area contributed by atoms with Crippen molar-refractivity contribution in [2.24, 2.45) is 17.3 Å². The second-order valence-corrected chi connectivity index (χ2v) is 15.6. The average molecular weight is 661 g/mol. The predicted octanol–water partition coefficient (Wildman–Crippen LogP) is 11.4. The van der Waals surface area contributed by atoms with Crippen molar-refractivity contribution in [3.05, 3.63) is 191 Å². The van der Waals surface area contributed by atoms with E-state index in [-0.39, 0.29) is 35.6 Å². The van der Waals surface area contributed by atoms with Gasteiger partial charge in [-0.1, -0.05) is 147 Å². The lowest BCUT2D eigenvalue weighted by atomic mass is 9.63. The van der Waals surface area contributed by atoms with Crippen LogP contribution in [0.4, 0.5) is 0 Å². The fourth-order valence-electron chi connectivity index (χ4n) is 10.6. The number of hydrogen-bond acceptors (Lipinski definition) is 2. The number of fused-ring (bicyclic) bond motifs is 10. The van der Waals surface area contributed by atoms with E-state index in [9.17, 15) is 0 Å². The molecule has 5 aromatic carbocycles. The Labute approximate surface area is 300 Å². The van der Waals surface area contributed by atoms with E-state index in [2.05, 4.69) is 165 Å². The number of rotatable bonds is 3. The summed E-state index contributed by atoms with van der Waals surface area (Å²) in [4.78, 5) is 0. The van der Waals surface area contributed by atoms with Gasteiger partial charge in [-0.15, -0.1) is 0 Å². The van der Waals surface area contributed by atoms with Crippen molar-refractivity contribution >= 4 is 16.3 Å². The molecule has 1 saturated carbocycles. The normalized spacial score (nSPS) is 30.6. The third-order valence-corrected chi connectivity index (χ3v) is 13.0. The van der Waals surface area contributed by atoms with Gasteiger partial charge in [-0.05, 0) is 86.3 Å². The Morgan fingerprint density at radius 3 is 2.45 bits per heavy atom. The zero-order chi connectivity index (χ0) is 33.7. The molecule has 8 atom stereocenters. The largest absolute Gasteiger partial charge is 0.487 e. The van der Waals surface area contributed by atoms with Crippen molar-refractivity contribution in [3.63, 3.8) is 0 Å². The molecule has 0 spiro atoms. The monoisotopic (exact) mass is 660 g/mol. The second kappa shape index (κ2) is 11.2. The minimum Gasteiger partial charge on any atom is -0.487 e. The molecule has 0 bridgehead atoms. The average Bonchev–Trinajstić information content (AvgIpc) is 3.71. The molecule has 1 saturated heterocycles. The van der Waals surface area contributed by atoms with E-state index in [0.29, 0.717) is 11.8 Å². The Bertz CT molecular complexity index is 2400. The highest BCUT2D eigenvalue weighted by atomic mass is 16.6. The highest BCUT2D eigenvalue weighted by Gasteiger charge is 2.59. The smallest absolute Gasteiger partial charge is 0.132 e. The van der Waals surface area contributed by atoms with E-state index in [1.165, 1.54) is 67.3 Å². The first-order chi connectivity index (χ1) is 25.1. The number of hydrogen-bond donors (Lipinski definition) is 0. The van der Waals surface area contributed by atoms with Crippen LogP contribution < -0.4 is 4.74 Å². The van der Waals surface area contributed by atoms with Gasteiger partial charge in [0, 0.05) is 34.7 Å². The van der Waals surface area contributed by atoms with E-state index in [1.807, 2.05) is 0 Å². The summed E-state index contributed by atoms with van der Waals surface area (Å²) in [5.74, 6) is 2.34. The van der Waals surface area contributed by atoms with Crippen LogP contribution in [0.5, 0.6) is 5.75 Å². The maximum Gasteiger partial charge on any atom is 0.132 e. The van der Waals surface area contributed by atoms with E-state index in [4.69, 9.17) is 9.47 Å². The summed E-state index contributed by atoms with van der Waals surface area (Å²) >= 11 is 0. The van der Waals surface area contributed by atoms with Gasteiger partial charge in [0.2, 0.25) is 0 Å². The minimum atomic E-state index is 0.0513. The van der Waals surface area contributed by atoms with Gasteiger partial charge < -0.3 is 9.47 Å². The fraction of sp³-hybridized carbons (Fsp3) is 0.224. The highest BCUT2D eigenvalue weighted by molar-refractivity contribution is 5.91. The minimum absolute atomic E-state index is 0.0513. The molecule has 2 heteroatoms. The number of ether oxygens (including phenoxy) is 2. The Kier molecular flexibility index (Phi) is 6.46. The van der Waals surface area contributed by atoms with Gasteiger partial charge in [0.05, 0.1) is 12.2 Å². The first kappa shape index (κ1) is 29.5. The van der Waals surface area contributed by atoms with Crippen LogP contribution in [0.2, 0.25) is 0 Å². The Morgan fingerprint density at radius 2 is 1.49 bits per heavy atom. The molecule has 0 radical (unpaired) electrons. The van der Waals surface area contributed by atoms with Gasteiger partial charge in [0.1, 0.15) is 11.9 Å². The molecular formula is C49H40O2. The molecule has 2 aliphatic heterocycles. The molecule has 8 unspecified atom stereocenters. The SMILES string of the molecule is CC12C=CC=CC1OC1C3Oc4ccc(C5c6ccccc6C(c6cccc(-c7ccc8ccccc8c7)c6)=C6C=CC=CC65)cc4C3CCC12. The van der Waals surface area contributed by atoms with Crippen LogP contribution in [0, 0.1) is 17.3 Å². The van der Waals surface area contributed by atoms with E-state index in [0.717, 1.165) is 12.2 Å². The Balaban J connectivity index is 0.980. The lowest BCUT2D eigenvalue weighted by molar-refractivity contribution is -0.0405. The number of allylic oxidation sites excluding steroid dienone is 7. The predicted molar refractivity (Wildman–Crippen MR) is 207 cm³/mol. The molecule has 2 nitrogen and oxygen atoms in total. The van der Waals surface area contributed by atoms with Gasteiger partial charge >= 0.3 is 0 Å². The zero-order valence-electron chi connectivity index (χ0n) is 28.8. The maximum atomic E-state index is 6.83. The van der Waals surface area contributed by atoms with Crippen LogP contribution in [0.1, 0.15) is 59.4 Å². The lowest BCUT2D eigenvalue weighted by Gasteiger charge is -2.39. The van der Waals surface area contributed by atoms with Crippen molar-refractivity contribution in [1.82, 2.24) is 0 Å². The number of benzene rings is 5. The van der Waals surface area contributed by atoms with Crippen LogP contribution in [-0.4, -0.2) is 18.3 Å². The standard InChI is InChI=1S/C49H40O2/c1-49-26-9-8-19-44(49)51-48-42(49)24-23-40-41-29-35(22-25-43(41)50-47(40)48)46-38-17-6-4-15-36(38)45(37-16-5-7-18-39(37)46)34-14-10-13-32(28-34)33-21-20-30-11-2-3-12-31(30)27-33/h2-22,25-29,38,40,42,44,46-48H,23-24H2,1H3. The molecule has 0 aromatic heterocycles. The Morgan fingerprint density at radius 1 is 0.647 bits per heavy atom. The molecule has 11 rings (SSSR count). The Hall–Kier alpha value is -5.18. The van der Waals surface area contributed by atoms with Crippen molar-refractivity contribution in [1.29, 1.82) is 0 Å². The third-order valence-electron chi connectivity index (χ3n) is 13.0. The highest BCUT2D eigenvalue weighted by Crippen LogP contribution is 2.59. The van der Waals surface area contributed by atoms with Gasteiger partial charge in [0.15, 0.2) is 0 Å². The summed E-state index contributed by atoms with van der Waals surface area (Å²) in [5, 5.41) is 2.54. The molecule has 2 heterocycles. The first-order valence-corrected chi connectivity index (χ1v) is 18.7. The van der Waals surface area contributed by atoms with E-state index >= 15 is 0 Å². The van der Waals surface area contributed by atoms with Crippen molar-refractivity contribution in [3.8, 4) is 16.9 Å². The van der Waals surface area contributed by atoms with Gasteiger partial charge in [-0.25, -0.2) is 0 Å². The fourth-order valence-corrected chi connectivity index (χ4v) is 10.6.